The van der Waals surface area contributed by atoms with Gasteiger partial charge in [-0.25, -0.2) is 23.1 Å². The van der Waals surface area contributed by atoms with Gasteiger partial charge < -0.3 is 30.7 Å². The van der Waals surface area contributed by atoms with Crippen LogP contribution in [0.25, 0.3) is 5.65 Å². The van der Waals surface area contributed by atoms with Crippen LogP contribution in [0, 0.1) is 11.6 Å². The summed E-state index contributed by atoms with van der Waals surface area (Å²) in [5.74, 6) is -1.12. The molecule has 2 fully saturated rings. The van der Waals surface area contributed by atoms with Crippen LogP contribution in [0.2, 0.25) is 0 Å². The zero-order valence-corrected chi connectivity index (χ0v) is 19.9. The van der Waals surface area contributed by atoms with Crippen molar-refractivity contribution in [2.24, 2.45) is 5.73 Å². The van der Waals surface area contributed by atoms with E-state index in [0.29, 0.717) is 43.1 Å². The number of halogens is 2. The number of ether oxygens (including phenoxy) is 1. The Bertz CT molecular complexity index is 1320. The molecule has 196 valence electrons. The van der Waals surface area contributed by atoms with Crippen LogP contribution in [-0.2, 0) is 9.53 Å². The maximum absolute atomic E-state index is 14.5. The van der Waals surface area contributed by atoms with Gasteiger partial charge in [-0.15, -0.1) is 0 Å². The summed E-state index contributed by atoms with van der Waals surface area (Å²) in [7, 11) is 0. The first-order valence-corrected chi connectivity index (χ1v) is 12.0. The fourth-order valence-corrected chi connectivity index (χ4v) is 4.77. The Kier molecular flexibility index (Phi) is 6.89. The Balaban J connectivity index is 1.30. The second kappa shape index (κ2) is 10.3. The number of esters is 1. The number of aromatic nitrogens is 3. The van der Waals surface area contributed by atoms with Gasteiger partial charge in [-0.2, -0.15) is 5.10 Å². The van der Waals surface area contributed by atoms with Gasteiger partial charge in [0.1, 0.15) is 35.3 Å². The fourth-order valence-electron chi connectivity index (χ4n) is 4.77. The van der Waals surface area contributed by atoms with Crippen LogP contribution in [0.15, 0.2) is 36.7 Å². The van der Waals surface area contributed by atoms with Crippen LogP contribution in [0.5, 0.6) is 0 Å². The number of likely N-dealkylation sites (tertiary alicyclic amines) is 1. The summed E-state index contributed by atoms with van der Waals surface area (Å²) in [6.45, 7) is 0.648. The van der Waals surface area contributed by atoms with Crippen LogP contribution < -0.4 is 16.0 Å². The van der Waals surface area contributed by atoms with E-state index in [1.165, 1.54) is 21.7 Å². The lowest BCUT2D eigenvalue weighted by atomic mass is 10.0. The Labute approximate surface area is 210 Å². The van der Waals surface area contributed by atoms with E-state index in [2.05, 4.69) is 15.4 Å². The molecule has 3 atom stereocenters. The first-order valence-electron chi connectivity index (χ1n) is 12.0. The smallest absolute Gasteiger partial charge is 0.325 e. The lowest BCUT2D eigenvalue weighted by Crippen LogP contribution is -2.39. The van der Waals surface area contributed by atoms with Crippen LogP contribution in [0.4, 0.5) is 25.1 Å². The number of urea groups is 1. The number of nitrogens with one attached hydrogen (secondary N) is 1. The Morgan fingerprint density at radius 2 is 2.08 bits per heavy atom. The summed E-state index contributed by atoms with van der Waals surface area (Å²) in [5, 5.41) is 16.0. The predicted octanol–water partition coefficient (Wildman–Crippen LogP) is 1.82. The molecule has 5 rings (SSSR count). The third-order valence-corrected chi connectivity index (χ3v) is 6.67. The Morgan fingerprint density at radius 1 is 1.24 bits per heavy atom. The van der Waals surface area contributed by atoms with Gasteiger partial charge in [0, 0.05) is 31.3 Å². The highest BCUT2D eigenvalue weighted by atomic mass is 19.1. The number of nitrogens with zero attached hydrogens (tertiary/aromatic N) is 5. The molecule has 4 N–H and O–H groups in total. The van der Waals surface area contributed by atoms with Crippen molar-refractivity contribution in [2.75, 3.05) is 36.5 Å². The lowest BCUT2D eigenvalue weighted by Gasteiger charge is -2.26. The van der Waals surface area contributed by atoms with Crippen LogP contribution in [0.1, 0.15) is 30.9 Å². The van der Waals surface area contributed by atoms with Crippen molar-refractivity contribution in [1.82, 2.24) is 19.5 Å². The number of benzene rings is 1. The lowest BCUT2D eigenvalue weighted by molar-refractivity contribution is -0.150. The number of amides is 2. The van der Waals surface area contributed by atoms with E-state index in [1.807, 2.05) is 4.90 Å². The maximum Gasteiger partial charge on any atom is 0.325 e. The molecule has 0 aliphatic carbocycles. The summed E-state index contributed by atoms with van der Waals surface area (Å²) < 4.78 is 35.1. The molecule has 0 bridgehead atoms. The highest BCUT2D eigenvalue weighted by Gasteiger charge is 2.32. The molecular formula is C24H27F2N7O4. The number of carbonyl (C=O) groups is 2. The zero-order valence-electron chi connectivity index (χ0n) is 19.9. The number of aliphatic hydroxyl groups is 1. The molecule has 37 heavy (non-hydrogen) atoms. The third kappa shape index (κ3) is 5.04. The van der Waals surface area contributed by atoms with Crippen molar-refractivity contribution in [1.29, 1.82) is 0 Å². The Hall–Kier alpha value is -3.84. The molecule has 2 aliphatic rings. The molecular weight excluding hydrogens is 488 g/mol. The second-order valence-corrected chi connectivity index (χ2v) is 9.14. The van der Waals surface area contributed by atoms with Crippen molar-refractivity contribution in [3.63, 3.8) is 0 Å². The van der Waals surface area contributed by atoms with E-state index in [9.17, 15) is 18.4 Å². The largest absolute Gasteiger partial charge is 0.459 e. The standard InChI is InChI=1S/C24H27F2N7O4/c25-14-3-4-17(26)16(10-14)20-2-1-7-32(20)21-6-9-33-22(30-21)19(11-28-33)29-24(36)31-8-5-15(12-31)37-23(35)18(27)13-34/h3-4,6,9-11,15,18,20,34H,1-2,5,7-8,12-13,27H2,(H,29,36)/t15-,18-,20+/m0/s1. The predicted molar refractivity (Wildman–Crippen MR) is 129 cm³/mol. The fraction of sp³-hybridized carbons (Fsp3) is 0.417. The van der Waals surface area contributed by atoms with Crippen molar-refractivity contribution >= 4 is 29.2 Å². The van der Waals surface area contributed by atoms with Gasteiger partial charge in [-0.3, -0.25) is 4.79 Å². The molecule has 0 spiro atoms. The van der Waals surface area contributed by atoms with Crippen LogP contribution >= 0.6 is 0 Å². The molecule has 2 amide bonds. The monoisotopic (exact) mass is 515 g/mol. The summed E-state index contributed by atoms with van der Waals surface area (Å²) in [6, 6.07) is 3.31. The number of anilines is 2. The van der Waals surface area contributed by atoms with Crippen molar-refractivity contribution < 1.29 is 28.2 Å². The van der Waals surface area contributed by atoms with Crippen LogP contribution in [-0.4, -0.2) is 75.0 Å². The number of hydrogen-bond donors (Lipinski definition) is 3. The van der Waals surface area contributed by atoms with Gasteiger partial charge in [-0.05, 0) is 37.1 Å². The number of hydrogen-bond acceptors (Lipinski definition) is 8. The Morgan fingerprint density at radius 3 is 2.89 bits per heavy atom. The van der Waals surface area contributed by atoms with Gasteiger partial charge in [0.25, 0.3) is 0 Å². The van der Waals surface area contributed by atoms with E-state index >= 15 is 0 Å². The summed E-state index contributed by atoms with van der Waals surface area (Å²) in [6.07, 6.45) is 4.55. The number of nitrogens with two attached hydrogens (primary N) is 1. The van der Waals surface area contributed by atoms with E-state index in [0.717, 1.165) is 18.6 Å². The average molecular weight is 516 g/mol. The van der Waals surface area contributed by atoms with E-state index < -0.39 is 42.4 Å². The molecule has 4 heterocycles. The zero-order chi connectivity index (χ0) is 26.1. The quantitative estimate of drug-likeness (QED) is 0.423. The molecule has 3 aromatic rings. The minimum absolute atomic E-state index is 0.183. The third-order valence-electron chi connectivity index (χ3n) is 6.67. The van der Waals surface area contributed by atoms with Crippen LogP contribution in [0.3, 0.4) is 0 Å². The minimum Gasteiger partial charge on any atom is -0.459 e. The van der Waals surface area contributed by atoms with Crippen molar-refractivity contribution in [3.05, 3.63) is 53.9 Å². The molecule has 0 unspecified atom stereocenters. The molecule has 13 heteroatoms. The van der Waals surface area contributed by atoms with E-state index in [1.54, 1.807) is 12.3 Å². The molecule has 11 nitrogen and oxygen atoms in total. The normalized spacial score (nSPS) is 20.4. The van der Waals surface area contributed by atoms with E-state index in [4.69, 9.17) is 15.6 Å². The highest BCUT2D eigenvalue weighted by molar-refractivity contribution is 5.93. The number of rotatable bonds is 6. The SMILES string of the molecule is N[C@@H](CO)C(=O)O[C@H]1CCN(C(=O)Nc2cnn3ccc(N4CCC[C@@H]4c4cc(F)ccc4F)nc23)C1. The van der Waals surface area contributed by atoms with E-state index in [-0.39, 0.29) is 18.2 Å². The molecule has 0 radical (unpaired) electrons. The van der Waals surface area contributed by atoms with Crippen molar-refractivity contribution in [3.8, 4) is 0 Å². The molecule has 2 saturated heterocycles. The molecule has 1 aromatic carbocycles. The summed E-state index contributed by atoms with van der Waals surface area (Å²) in [4.78, 5) is 32.8. The summed E-state index contributed by atoms with van der Waals surface area (Å²) in [5.41, 5.74) is 6.53. The van der Waals surface area contributed by atoms with Gasteiger partial charge in [0.05, 0.1) is 25.4 Å². The van der Waals surface area contributed by atoms with Gasteiger partial charge in [0.2, 0.25) is 0 Å². The highest BCUT2D eigenvalue weighted by Crippen LogP contribution is 2.37. The minimum atomic E-state index is -1.12. The average Bonchev–Trinajstić information content (AvgIpc) is 3.65. The number of fused-ring (bicyclic) bond motifs is 1. The van der Waals surface area contributed by atoms with Crippen molar-refractivity contribution in [2.45, 2.75) is 37.5 Å². The maximum atomic E-state index is 14.5. The first-order chi connectivity index (χ1) is 17.8. The van der Waals surface area contributed by atoms with Gasteiger partial charge in [0.15, 0.2) is 5.65 Å². The molecule has 0 saturated carbocycles. The topological polar surface area (TPSA) is 138 Å². The number of carbonyl (C=O) groups excluding carboxylic acids is 2. The van der Waals surface area contributed by atoms with Gasteiger partial charge in [-0.1, -0.05) is 0 Å². The molecule has 2 aromatic heterocycles. The number of aliphatic hydroxyl groups excluding tert-OH is 1. The summed E-state index contributed by atoms with van der Waals surface area (Å²) >= 11 is 0. The molecule has 2 aliphatic heterocycles. The van der Waals surface area contributed by atoms with Gasteiger partial charge >= 0.3 is 12.0 Å². The first kappa shape index (κ1) is 24.8. The second-order valence-electron chi connectivity index (χ2n) is 9.14.